The van der Waals surface area contributed by atoms with E-state index < -0.39 is 6.36 Å². The Balaban J connectivity index is 1.96. The molecule has 0 aliphatic rings. The van der Waals surface area contributed by atoms with E-state index in [9.17, 15) is 13.2 Å². The van der Waals surface area contributed by atoms with E-state index in [2.05, 4.69) is 15.4 Å². The van der Waals surface area contributed by atoms with Gasteiger partial charge < -0.3 is 15.4 Å². The molecule has 3 nitrogen and oxygen atoms in total. The molecule has 3 aromatic carbocycles. The fourth-order valence-electron chi connectivity index (χ4n) is 2.81. The third kappa shape index (κ3) is 5.41. The number of rotatable bonds is 5. The highest BCUT2D eigenvalue weighted by molar-refractivity contribution is 5.79. The molecule has 0 saturated carbocycles. The number of anilines is 4. The third-order valence-electron chi connectivity index (χ3n) is 3.78. The fourth-order valence-corrected chi connectivity index (χ4v) is 2.81. The molecular weight excluding hydrogens is 353 g/mol. The zero-order valence-electron chi connectivity index (χ0n) is 14.9. The summed E-state index contributed by atoms with van der Waals surface area (Å²) in [5, 5.41) is 6.40. The number of halogens is 3. The minimum Gasteiger partial charge on any atom is -0.406 e. The SMILES string of the molecule is Cc1cc(C)cc(Nc2cc(OC(F)(F)F)ccc2Nc2ccccc2)c1. The van der Waals surface area contributed by atoms with Crippen LogP contribution in [-0.2, 0) is 0 Å². The van der Waals surface area contributed by atoms with Gasteiger partial charge in [-0.1, -0.05) is 24.3 Å². The van der Waals surface area contributed by atoms with Gasteiger partial charge in [0.1, 0.15) is 5.75 Å². The summed E-state index contributed by atoms with van der Waals surface area (Å²) in [5.41, 5.74) is 4.83. The van der Waals surface area contributed by atoms with E-state index in [1.165, 1.54) is 12.1 Å². The van der Waals surface area contributed by atoms with Crippen LogP contribution in [0.2, 0.25) is 0 Å². The van der Waals surface area contributed by atoms with Gasteiger partial charge in [-0.15, -0.1) is 13.2 Å². The lowest BCUT2D eigenvalue weighted by molar-refractivity contribution is -0.274. The Morgan fingerprint density at radius 1 is 0.704 bits per heavy atom. The summed E-state index contributed by atoms with van der Waals surface area (Å²) in [5.74, 6) is -0.284. The first-order valence-electron chi connectivity index (χ1n) is 8.36. The first-order chi connectivity index (χ1) is 12.8. The lowest BCUT2D eigenvalue weighted by Gasteiger charge is -2.17. The van der Waals surface area contributed by atoms with Crippen LogP contribution in [0.3, 0.4) is 0 Å². The molecule has 0 atom stereocenters. The minimum atomic E-state index is -4.74. The van der Waals surface area contributed by atoms with Gasteiger partial charge in [-0.3, -0.25) is 0 Å². The second-order valence-electron chi connectivity index (χ2n) is 6.25. The highest BCUT2D eigenvalue weighted by Crippen LogP contribution is 2.34. The Morgan fingerprint density at radius 2 is 1.33 bits per heavy atom. The van der Waals surface area contributed by atoms with Gasteiger partial charge >= 0.3 is 6.36 Å². The largest absolute Gasteiger partial charge is 0.573 e. The summed E-state index contributed by atoms with van der Waals surface area (Å²) in [6.45, 7) is 3.93. The molecule has 2 N–H and O–H groups in total. The molecule has 0 bridgehead atoms. The summed E-state index contributed by atoms with van der Waals surface area (Å²) in [6, 6.07) is 19.4. The van der Waals surface area contributed by atoms with Gasteiger partial charge in [0.15, 0.2) is 0 Å². The highest BCUT2D eigenvalue weighted by atomic mass is 19.4. The molecule has 3 rings (SSSR count). The number of para-hydroxylation sites is 1. The van der Waals surface area contributed by atoms with Gasteiger partial charge in [-0.25, -0.2) is 0 Å². The summed E-state index contributed by atoms with van der Waals surface area (Å²) in [6.07, 6.45) is -4.74. The normalized spacial score (nSPS) is 11.1. The van der Waals surface area contributed by atoms with Crippen molar-refractivity contribution in [3.05, 3.63) is 77.9 Å². The molecule has 0 amide bonds. The average Bonchev–Trinajstić information content (AvgIpc) is 2.56. The van der Waals surface area contributed by atoms with E-state index in [0.29, 0.717) is 11.4 Å². The molecule has 0 aliphatic heterocycles. The van der Waals surface area contributed by atoms with Gasteiger partial charge in [-0.2, -0.15) is 0 Å². The molecule has 0 radical (unpaired) electrons. The van der Waals surface area contributed by atoms with Crippen molar-refractivity contribution < 1.29 is 17.9 Å². The van der Waals surface area contributed by atoms with Crippen LogP contribution < -0.4 is 15.4 Å². The second-order valence-corrected chi connectivity index (χ2v) is 6.25. The molecule has 27 heavy (non-hydrogen) atoms. The van der Waals surface area contributed by atoms with Gasteiger partial charge in [0.05, 0.1) is 11.4 Å². The van der Waals surface area contributed by atoms with Crippen LogP contribution in [0, 0.1) is 13.8 Å². The maximum atomic E-state index is 12.6. The van der Waals surface area contributed by atoms with Crippen LogP contribution in [-0.4, -0.2) is 6.36 Å². The van der Waals surface area contributed by atoms with Crippen LogP contribution in [0.4, 0.5) is 35.9 Å². The highest BCUT2D eigenvalue weighted by Gasteiger charge is 2.31. The molecule has 0 spiro atoms. The van der Waals surface area contributed by atoms with Crippen molar-refractivity contribution in [1.82, 2.24) is 0 Å². The molecule has 0 heterocycles. The van der Waals surface area contributed by atoms with Crippen LogP contribution >= 0.6 is 0 Å². The zero-order chi connectivity index (χ0) is 19.4. The molecule has 0 aliphatic carbocycles. The first-order valence-corrected chi connectivity index (χ1v) is 8.36. The number of hydrogen-bond donors (Lipinski definition) is 2. The van der Waals surface area contributed by atoms with E-state index >= 15 is 0 Å². The van der Waals surface area contributed by atoms with E-state index in [-0.39, 0.29) is 5.75 Å². The smallest absolute Gasteiger partial charge is 0.406 e. The van der Waals surface area contributed by atoms with E-state index in [4.69, 9.17) is 0 Å². The fraction of sp³-hybridized carbons (Fsp3) is 0.143. The topological polar surface area (TPSA) is 33.3 Å². The second kappa shape index (κ2) is 7.61. The quantitative estimate of drug-likeness (QED) is 0.523. The van der Waals surface area contributed by atoms with E-state index in [0.717, 1.165) is 22.5 Å². The van der Waals surface area contributed by atoms with E-state index in [1.54, 1.807) is 6.07 Å². The van der Waals surface area contributed by atoms with Gasteiger partial charge in [0.2, 0.25) is 0 Å². The Bertz CT molecular complexity index is 904. The van der Waals surface area contributed by atoms with Gasteiger partial charge in [-0.05, 0) is 61.4 Å². The summed E-state index contributed by atoms with van der Waals surface area (Å²) in [7, 11) is 0. The van der Waals surface area contributed by atoms with Crippen LogP contribution in [0.1, 0.15) is 11.1 Å². The Labute approximate surface area is 155 Å². The van der Waals surface area contributed by atoms with Crippen LogP contribution in [0.25, 0.3) is 0 Å². The number of nitrogens with one attached hydrogen (secondary N) is 2. The summed E-state index contributed by atoms with van der Waals surface area (Å²) >= 11 is 0. The number of benzene rings is 3. The Morgan fingerprint density at radius 3 is 1.96 bits per heavy atom. The van der Waals surface area contributed by atoms with Crippen molar-refractivity contribution in [3.63, 3.8) is 0 Å². The molecule has 0 fully saturated rings. The maximum Gasteiger partial charge on any atom is 0.573 e. The summed E-state index contributed by atoms with van der Waals surface area (Å²) < 4.78 is 41.8. The molecule has 0 aromatic heterocycles. The van der Waals surface area contributed by atoms with E-state index in [1.807, 2.05) is 62.4 Å². The minimum absolute atomic E-state index is 0.284. The Hall–Kier alpha value is -3.15. The molecule has 6 heteroatoms. The maximum absolute atomic E-state index is 12.6. The van der Waals surface area contributed by atoms with Crippen molar-refractivity contribution >= 4 is 22.7 Å². The molecule has 140 valence electrons. The lowest BCUT2D eigenvalue weighted by atomic mass is 10.1. The van der Waals surface area contributed by atoms with Crippen LogP contribution in [0.15, 0.2) is 66.7 Å². The molecular formula is C21H19F3N2O. The zero-order valence-corrected chi connectivity index (χ0v) is 14.9. The lowest BCUT2D eigenvalue weighted by Crippen LogP contribution is -2.17. The van der Waals surface area contributed by atoms with Crippen LogP contribution in [0.5, 0.6) is 5.75 Å². The molecule has 0 saturated heterocycles. The monoisotopic (exact) mass is 372 g/mol. The standard InChI is InChI=1S/C21H19F3N2O/c1-14-10-15(2)12-17(11-14)26-20-13-18(27-21(22,23)24)8-9-19(20)25-16-6-4-3-5-7-16/h3-13,25-26H,1-2H3. The summed E-state index contributed by atoms with van der Waals surface area (Å²) in [4.78, 5) is 0. The predicted octanol–water partition coefficient (Wildman–Crippen LogP) is 6.69. The average molecular weight is 372 g/mol. The molecule has 0 unspecified atom stereocenters. The van der Waals surface area contributed by atoms with Crippen molar-refractivity contribution in [2.45, 2.75) is 20.2 Å². The number of aryl methyl sites for hydroxylation is 2. The predicted molar refractivity (Wildman–Crippen MR) is 102 cm³/mol. The number of alkyl halides is 3. The number of ether oxygens (including phenoxy) is 1. The molecule has 3 aromatic rings. The van der Waals surface area contributed by atoms with Crippen molar-refractivity contribution in [1.29, 1.82) is 0 Å². The van der Waals surface area contributed by atoms with Crippen molar-refractivity contribution in [2.75, 3.05) is 10.6 Å². The van der Waals surface area contributed by atoms with Gasteiger partial charge in [0.25, 0.3) is 0 Å². The van der Waals surface area contributed by atoms with Crippen molar-refractivity contribution in [3.8, 4) is 5.75 Å². The third-order valence-corrected chi connectivity index (χ3v) is 3.78. The van der Waals surface area contributed by atoms with Crippen molar-refractivity contribution in [2.24, 2.45) is 0 Å². The van der Waals surface area contributed by atoms with Gasteiger partial charge in [0, 0.05) is 17.4 Å². The first kappa shape index (κ1) is 18.6. The number of hydrogen-bond acceptors (Lipinski definition) is 3. The Kier molecular flexibility index (Phi) is 5.26.